The van der Waals surface area contributed by atoms with Crippen LogP contribution in [0.15, 0.2) is 5.38 Å². The predicted octanol–water partition coefficient (Wildman–Crippen LogP) is 3.57. The largest absolute Gasteiger partial charge is 0.389 e. The first-order valence-electron chi connectivity index (χ1n) is 6.62. The van der Waals surface area contributed by atoms with Gasteiger partial charge in [0.2, 0.25) is 0 Å². The van der Waals surface area contributed by atoms with Gasteiger partial charge in [0.25, 0.3) is 0 Å². The molecule has 1 aromatic rings. The third kappa shape index (κ3) is 3.29. The average Bonchev–Trinajstić information content (AvgIpc) is 2.63. The van der Waals surface area contributed by atoms with Crippen LogP contribution in [0.5, 0.6) is 0 Å². The Morgan fingerprint density at radius 1 is 1.59 bits per heavy atom. The quantitative estimate of drug-likeness (QED) is 0.893. The SMILES string of the molecule is Cc1nc(CC2(O)CCCC(C(C)C)C2)cs1. The molecule has 0 bridgehead atoms. The lowest BCUT2D eigenvalue weighted by Crippen LogP contribution is -2.38. The van der Waals surface area contributed by atoms with Crippen molar-refractivity contribution in [1.29, 1.82) is 0 Å². The smallest absolute Gasteiger partial charge is 0.0897 e. The zero-order chi connectivity index (χ0) is 12.5. The van der Waals surface area contributed by atoms with E-state index in [1.54, 1.807) is 11.3 Å². The maximum absolute atomic E-state index is 10.7. The van der Waals surface area contributed by atoms with Crippen LogP contribution in [-0.4, -0.2) is 15.7 Å². The highest BCUT2D eigenvalue weighted by Gasteiger charge is 2.35. The Bertz CT molecular complexity index is 374. The maximum Gasteiger partial charge on any atom is 0.0897 e. The molecule has 1 aromatic heterocycles. The summed E-state index contributed by atoms with van der Waals surface area (Å²) in [5.74, 6) is 1.35. The first kappa shape index (κ1) is 13.0. The Labute approximate surface area is 108 Å². The van der Waals surface area contributed by atoms with Crippen LogP contribution in [0.25, 0.3) is 0 Å². The molecule has 0 aromatic carbocycles. The molecule has 96 valence electrons. The Balaban J connectivity index is 2.03. The predicted molar refractivity (Wildman–Crippen MR) is 72.3 cm³/mol. The highest BCUT2D eigenvalue weighted by molar-refractivity contribution is 7.09. The standard InChI is InChI=1S/C14H23NOS/c1-10(2)12-5-4-6-14(16,7-12)8-13-9-17-11(3)15-13/h9-10,12,16H,4-8H2,1-3H3. The fourth-order valence-electron chi connectivity index (χ4n) is 2.94. The molecule has 2 atom stereocenters. The third-order valence-electron chi connectivity index (χ3n) is 3.98. The lowest BCUT2D eigenvalue weighted by Gasteiger charge is -2.38. The van der Waals surface area contributed by atoms with Crippen LogP contribution >= 0.6 is 11.3 Å². The van der Waals surface area contributed by atoms with Crippen molar-refractivity contribution in [2.45, 2.75) is 58.5 Å². The summed E-state index contributed by atoms with van der Waals surface area (Å²) in [5.41, 5.74) is 0.563. The summed E-state index contributed by atoms with van der Waals surface area (Å²) in [6, 6.07) is 0. The first-order chi connectivity index (χ1) is 7.98. The molecule has 2 unspecified atom stereocenters. The summed E-state index contributed by atoms with van der Waals surface area (Å²) in [7, 11) is 0. The van der Waals surface area contributed by atoms with Gasteiger partial charge in [-0.15, -0.1) is 11.3 Å². The van der Waals surface area contributed by atoms with Gasteiger partial charge in [-0.05, 0) is 38.0 Å². The Morgan fingerprint density at radius 2 is 2.35 bits per heavy atom. The molecule has 1 fully saturated rings. The van der Waals surface area contributed by atoms with Crippen molar-refractivity contribution in [3.8, 4) is 0 Å². The van der Waals surface area contributed by atoms with E-state index in [2.05, 4.69) is 24.2 Å². The number of aryl methyl sites for hydroxylation is 1. The number of aromatic nitrogens is 1. The van der Waals surface area contributed by atoms with Gasteiger partial charge >= 0.3 is 0 Å². The monoisotopic (exact) mass is 253 g/mol. The van der Waals surface area contributed by atoms with E-state index in [1.807, 2.05) is 6.92 Å². The fourth-order valence-corrected chi connectivity index (χ4v) is 3.55. The van der Waals surface area contributed by atoms with Crippen LogP contribution in [0, 0.1) is 18.8 Å². The summed E-state index contributed by atoms with van der Waals surface area (Å²) in [6.45, 7) is 6.56. The fraction of sp³-hybridized carbons (Fsp3) is 0.786. The van der Waals surface area contributed by atoms with Crippen molar-refractivity contribution in [3.63, 3.8) is 0 Å². The van der Waals surface area contributed by atoms with E-state index < -0.39 is 5.60 Å². The van der Waals surface area contributed by atoms with Crippen molar-refractivity contribution in [1.82, 2.24) is 4.98 Å². The number of aliphatic hydroxyl groups is 1. The van der Waals surface area contributed by atoms with E-state index in [-0.39, 0.29) is 0 Å². The van der Waals surface area contributed by atoms with Crippen molar-refractivity contribution >= 4 is 11.3 Å². The molecule has 1 N–H and O–H groups in total. The maximum atomic E-state index is 10.7. The lowest BCUT2D eigenvalue weighted by molar-refractivity contribution is -0.0245. The zero-order valence-corrected chi connectivity index (χ0v) is 11.9. The molecule has 1 aliphatic carbocycles. The van der Waals surface area contributed by atoms with E-state index in [0.29, 0.717) is 11.8 Å². The number of thiazole rings is 1. The number of rotatable bonds is 3. The Hall–Kier alpha value is -0.410. The number of nitrogens with zero attached hydrogens (tertiary/aromatic N) is 1. The van der Waals surface area contributed by atoms with Gasteiger partial charge in [0, 0.05) is 11.8 Å². The molecule has 1 heterocycles. The van der Waals surface area contributed by atoms with Gasteiger partial charge < -0.3 is 5.11 Å². The van der Waals surface area contributed by atoms with Crippen molar-refractivity contribution < 1.29 is 5.11 Å². The summed E-state index contributed by atoms with van der Waals surface area (Å²) in [4.78, 5) is 4.48. The van der Waals surface area contributed by atoms with Crippen molar-refractivity contribution in [3.05, 3.63) is 16.1 Å². The van der Waals surface area contributed by atoms with E-state index in [4.69, 9.17) is 0 Å². The minimum Gasteiger partial charge on any atom is -0.389 e. The average molecular weight is 253 g/mol. The van der Waals surface area contributed by atoms with Gasteiger partial charge in [0.05, 0.1) is 16.3 Å². The second-order valence-electron chi connectivity index (χ2n) is 5.86. The van der Waals surface area contributed by atoms with Gasteiger partial charge in [-0.1, -0.05) is 20.3 Å². The second kappa shape index (κ2) is 5.07. The second-order valence-corrected chi connectivity index (χ2v) is 6.92. The normalized spacial score (nSPS) is 29.8. The van der Waals surface area contributed by atoms with Crippen LogP contribution in [-0.2, 0) is 6.42 Å². The van der Waals surface area contributed by atoms with Crippen LogP contribution < -0.4 is 0 Å². The lowest BCUT2D eigenvalue weighted by atomic mass is 9.72. The number of hydrogen-bond acceptors (Lipinski definition) is 3. The summed E-state index contributed by atoms with van der Waals surface area (Å²) in [6.07, 6.45) is 5.05. The van der Waals surface area contributed by atoms with Crippen LogP contribution in [0.2, 0.25) is 0 Å². The summed E-state index contributed by atoms with van der Waals surface area (Å²) in [5, 5.41) is 13.9. The van der Waals surface area contributed by atoms with Crippen LogP contribution in [0.3, 0.4) is 0 Å². The summed E-state index contributed by atoms with van der Waals surface area (Å²) < 4.78 is 0. The molecular formula is C14H23NOS. The van der Waals surface area contributed by atoms with Crippen LogP contribution in [0.1, 0.15) is 50.2 Å². The molecule has 1 saturated carbocycles. The molecule has 2 rings (SSSR count). The molecule has 0 spiro atoms. The topological polar surface area (TPSA) is 33.1 Å². The van der Waals surface area contributed by atoms with E-state index in [1.165, 1.54) is 6.42 Å². The molecule has 1 aliphatic rings. The van der Waals surface area contributed by atoms with Crippen molar-refractivity contribution in [2.24, 2.45) is 11.8 Å². The van der Waals surface area contributed by atoms with E-state index >= 15 is 0 Å². The van der Waals surface area contributed by atoms with Gasteiger partial charge in [0.15, 0.2) is 0 Å². The molecule has 3 heteroatoms. The molecular weight excluding hydrogens is 230 g/mol. The van der Waals surface area contributed by atoms with Gasteiger partial charge in [0.1, 0.15) is 0 Å². The summed E-state index contributed by atoms with van der Waals surface area (Å²) >= 11 is 1.68. The Kier molecular flexibility index (Phi) is 3.88. The van der Waals surface area contributed by atoms with Crippen LogP contribution in [0.4, 0.5) is 0 Å². The van der Waals surface area contributed by atoms with E-state index in [9.17, 15) is 5.11 Å². The molecule has 0 saturated heterocycles. The molecule has 0 aliphatic heterocycles. The zero-order valence-electron chi connectivity index (χ0n) is 11.1. The highest BCUT2D eigenvalue weighted by atomic mass is 32.1. The van der Waals surface area contributed by atoms with Gasteiger partial charge in [-0.2, -0.15) is 0 Å². The highest BCUT2D eigenvalue weighted by Crippen LogP contribution is 2.38. The first-order valence-corrected chi connectivity index (χ1v) is 7.50. The Morgan fingerprint density at radius 3 is 2.94 bits per heavy atom. The van der Waals surface area contributed by atoms with Crippen molar-refractivity contribution in [2.75, 3.05) is 0 Å². The minimum absolute atomic E-state index is 0.506. The molecule has 2 nitrogen and oxygen atoms in total. The molecule has 0 amide bonds. The number of hydrogen-bond donors (Lipinski definition) is 1. The molecule has 17 heavy (non-hydrogen) atoms. The van der Waals surface area contributed by atoms with Gasteiger partial charge in [-0.25, -0.2) is 4.98 Å². The minimum atomic E-state index is -0.506. The van der Waals surface area contributed by atoms with E-state index in [0.717, 1.165) is 36.4 Å². The molecule has 0 radical (unpaired) electrons. The van der Waals surface area contributed by atoms with Gasteiger partial charge in [-0.3, -0.25) is 0 Å². The third-order valence-corrected chi connectivity index (χ3v) is 4.80.